The van der Waals surface area contributed by atoms with Gasteiger partial charge in [0.2, 0.25) is 0 Å². The van der Waals surface area contributed by atoms with Crippen molar-refractivity contribution in [3.8, 4) is 0 Å². The molecule has 0 amide bonds. The number of esters is 1. The maximum Gasteiger partial charge on any atom is 0.335 e. The van der Waals surface area contributed by atoms with Gasteiger partial charge in [-0.2, -0.15) is 0 Å². The fourth-order valence-corrected chi connectivity index (χ4v) is 5.45. The van der Waals surface area contributed by atoms with E-state index >= 15 is 0 Å². The average molecular weight is 421 g/mol. The smallest absolute Gasteiger partial charge is 0.335 e. The molecule has 0 aliphatic heterocycles. The highest BCUT2D eigenvalue weighted by Gasteiger charge is 2.30. The van der Waals surface area contributed by atoms with Crippen molar-refractivity contribution in [1.29, 1.82) is 0 Å². The van der Waals surface area contributed by atoms with E-state index in [1.807, 2.05) is 0 Å². The number of ether oxygens (including phenoxy) is 1. The number of carbonyl (C=O) groups excluding carboxylic acids is 1. The van der Waals surface area contributed by atoms with Crippen molar-refractivity contribution in [2.75, 3.05) is 19.8 Å². The van der Waals surface area contributed by atoms with Gasteiger partial charge in [0.1, 0.15) is 0 Å². The minimum Gasteiger partial charge on any atom is -0.462 e. The fourth-order valence-electron chi connectivity index (χ4n) is 5.45. The molecule has 0 saturated heterocycles. The van der Waals surface area contributed by atoms with E-state index in [1.54, 1.807) is 0 Å². The van der Waals surface area contributed by atoms with Crippen molar-refractivity contribution in [3.63, 3.8) is 0 Å². The van der Waals surface area contributed by atoms with Gasteiger partial charge >= 0.3 is 5.97 Å². The number of aliphatic hydroxyl groups excluding tert-OH is 2. The molecule has 0 heterocycles. The Labute approximate surface area is 183 Å². The molecule has 0 bridgehead atoms. The molecular formula is C26H44O4. The lowest BCUT2D eigenvalue weighted by atomic mass is 9.68. The number of carbonyl (C=O) groups is 1. The Morgan fingerprint density at radius 3 is 2.07 bits per heavy atom. The highest BCUT2D eigenvalue weighted by atomic mass is 16.5. The predicted octanol–water partition coefficient (Wildman–Crippen LogP) is 5.44. The number of rotatable bonds is 12. The standard InChI is InChI=1S/C26H44O4/c1-3-4-5-6-21-9-13-24(14-10-21)25-15-11-22(12-16-25)7-8-23(18-28)19-30-26(29)20(2)17-27/h3-4,21-25,27-28H,2,5-19H2,1H3/b4-3+. The van der Waals surface area contributed by atoms with E-state index in [4.69, 9.17) is 9.84 Å². The molecule has 0 aromatic rings. The Kier molecular flexibility index (Phi) is 11.8. The van der Waals surface area contributed by atoms with Crippen molar-refractivity contribution in [1.82, 2.24) is 0 Å². The van der Waals surface area contributed by atoms with Gasteiger partial charge in [-0.15, -0.1) is 0 Å². The Bertz CT molecular complexity index is 525. The van der Waals surface area contributed by atoms with E-state index in [0.717, 1.165) is 36.5 Å². The van der Waals surface area contributed by atoms with E-state index in [0.29, 0.717) is 0 Å². The Morgan fingerprint density at radius 2 is 1.57 bits per heavy atom. The van der Waals surface area contributed by atoms with Crippen LogP contribution in [0.3, 0.4) is 0 Å². The van der Waals surface area contributed by atoms with Crippen molar-refractivity contribution < 1.29 is 19.7 Å². The minimum absolute atomic E-state index is 0.0176. The third-order valence-electron chi connectivity index (χ3n) is 7.60. The highest BCUT2D eigenvalue weighted by molar-refractivity contribution is 5.87. The monoisotopic (exact) mass is 420 g/mol. The third kappa shape index (κ3) is 8.55. The van der Waals surface area contributed by atoms with Crippen LogP contribution in [0.2, 0.25) is 0 Å². The van der Waals surface area contributed by atoms with Gasteiger partial charge in [0.05, 0.1) is 18.8 Å². The molecule has 4 nitrogen and oxygen atoms in total. The zero-order valence-corrected chi connectivity index (χ0v) is 19.1. The SMILES string of the molecule is C=C(CO)C(=O)OCC(CO)CCC1CCC(C2CCC(CC/C=C/C)CC2)CC1. The zero-order valence-electron chi connectivity index (χ0n) is 19.1. The molecular weight excluding hydrogens is 376 g/mol. The number of hydrogen-bond acceptors (Lipinski definition) is 4. The van der Waals surface area contributed by atoms with E-state index in [2.05, 4.69) is 25.7 Å². The molecule has 2 saturated carbocycles. The molecule has 30 heavy (non-hydrogen) atoms. The van der Waals surface area contributed by atoms with Gasteiger partial charge in [0.15, 0.2) is 0 Å². The maximum absolute atomic E-state index is 11.6. The van der Waals surface area contributed by atoms with Crippen LogP contribution in [-0.4, -0.2) is 36.0 Å². The molecule has 1 unspecified atom stereocenters. The summed E-state index contributed by atoms with van der Waals surface area (Å²) in [6.07, 6.45) is 20.2. The third-order valence-corrected chi connectivity index (χ3v) is 7.60. The molecule has 2 fully saturated rings. The molecule has 4 heteroatoms. The maximum atomic E-state index is 11.6. The van der Waals surface area contributed by atoms with Gasteiger partial charge in [-0.05, 0) is 82.0 Å². The lowest BCUT2D eigenvalue weighted by Crippen LogP contribution is -2.26. The van der Waals surface area contributed by atoms with Crippen LogP contribution in [0.15, 0.2) is 24.3 Å². The zero-order chi connectivity index (χ0) is 21.8. The Balaban J connectivity index is 1.61. The van der Waals surface area contributed by atoms with Gasteiger partial charge in [0, 0.05) is 12.5 Å². The molecule has 0 aromatic carbocycles. The summed E-state index contributed by atoms with van der Waals surface area (Å²) in [5.74, 6) is 3.00. The van der Waals surface area contributed by atoms with E-state index in [-0.39, 0.29) is 31.3 Å². The van der Waals surface area contributed by atoms with Crippen LogP contribution < -0.4 is 0 Å². The molecule has 2 N–H and O–H groups in total. The summed E-state index contributed by atoms with van der Waals surface area (Å²) < 4.78 is 5.16. The molecule has 0 aromatic heterocycles. The number of hydrogen-bond donors (Lipinski definition) is 2. The second-order valence-electron chi connectivity index (χ2n) is 9.69. The first-order valence-corrected chi connectivity index (χ1v) is 12.2. The van der Waals surface area contributed by atoms with Crippen LogP contribution in [-0.2, 0) is 9.53 Å². The van der Waals surface area contributed by atoms with Crippen LogP contribution in [0, 0.1) is 29.6 Å². The van der Waals surface area contributed by atoms with Crippen LogP contribution >= 0.6 is 0 Å². The lowest BCUT2D eigenvalue weighted by Gasteiger charge is -2.38. The molecule has 0 spiro atoms. The number of aliphatic hydroxyl groups is 2. The average Bonchev–Trinajstić information content (AvgIpc) is 2.79. The summed E-state index contributed by atoms with van der Waals surface area (Å²) in [6, 6.07) is 0. The van der Waals surface area contributed by atoms with Crippen LogP contribution in [0.1, 0.15) is 84.0 Å². The summed E-state index contributed by atoms with van der Waals surface area (Å²) in [6.45, 7) is 5.44. The molecule has 1 atom stereocenters. The van der Waals surface area contributed by atoms with Gasteiger partial charge in [-0.1, -0.05) is 44.4 Å². The second kappa shape index (κ2) is 14.0. The first-order chi connectivity index (χ1) is 14.6. The molecule has 0 radical (unpaired) electrons. The topological polar surface area (TPSA) is 66.8 Å². The Hall–Kier alpha value is -1.13. The Morgan fingerprint density at radius 1 is 1.00 bits per heavy atom. The van der Waals surface area contributed by atoms with Crippen LogP contribution in [0.25, 0.3) is 0 Å². The summed E-state index contributed by atoms with van der Waals surface area (Å²) in [5, 5.41) is 18.5. The molecule has 2 aliphatic rings. The quantitative estimate of drug-likeness (QED) is 0.251. The molecule has 2 rings (SSSR count). The lowest BCUT2D eigenvalue weighted by molar-refractivity contribution is -0.141. The van der Waals surface area contributed by atoms with E-state index in [1.165, 1.54) is 64.2 Å². The first kappa shape index (κ1) is 25.1. The first-order valence-electron chi connectivity index (χ1n) is 12.2. The fraction of sp³-hybridized carbons (Fsp3) is 0.808. The summed E-state index contributed by atoms with van der Waals surface area (Å²) in [5.41, 5.74) is 0.0665. The highest BCUT2D eigenvalue weighted by Crippen LogP contribution is 2.43. The number of allylic oxidation sites excluding steroid dienone is 2. The predicted molar refractivity (Wildman–Crippen MR) is 122 cm³/mol. The van der Waals surface area contributed by atoms with Crippen molar-refractivity contribution in [2.45, 2.75) is 84.0 Å². The van der Waals surface area contributed by atoms with Crippen molar-refractivity contribution in [2.24, 2.45) is 29.6 Å². The summed E-state index contributed by atoms with van der Waals surface area (Å²) >= 11 is 0. The van der Waals surface area contributed by atoms with Gasteiger partial charge in [-0.25, -0.2) is 4.79 Å². The van der Waals surface area contributed by atoms with Crippen LogP contribution in [0.5, 0.6) is 0 Å². The summed E-state index contributed by atoms with van der Waals surface area (Å²) in [7, 11) is 0. The van der Waals surface area contributed by atoms with Gasteiger partial charge < -0.3 is 14.9 Å². The normalized spacial score (nSPS) is 28.4. The van der Waals surface area contributed by atoms with E-state index in [9.17, 15) is 9.90 Å². The minimum atomic E-state index is -0.562. The molecule has 2 aliphatic carbocycles. The van der Waals surface area contributed by atoms with Gasteiger partial charge in [-0.3, -0.25) is 0 Å². The molecule has 172 valence electrons. The summed E-state index contributed by atoms with van der Waals surface area (Å²) in [4.78, 5) is 11.6. The van der Waals surface area contributed by atoms with Crippen molar-refractivity contribution in [3.05, 3.63) is 24.3 Å². The van der Waals surface area contributed by atoms with Crippen LogP contribution in [0.4, 0.5) is 0 Å². The van der Waals surface area contributed by atoms with Crippen molar-refractivity contribution >= 4 is 5.97 Å². The van der Waals surface area contributed by atoms with Gasteiger partial charge in [0.25, 0.3) is 0 Å². The second-order valence-corrected chi connectivity index (χ2v) is 9.69. The van der Waals surface area contributed by atoms with E-state index < -0.39 is 5.97 Å². The largest absolute Gasteiger partial charge is 0.462 e.